The van der Waals surface area contributed by atoms with Gasteiger partial charge in [-0.05, 0) is 74.7 Å². The minimum absolute atomic E-state index is 0.499. The van der Waals surface area contributed by atoms with Crippen LogP contribution < -0.4 is 0 Å². The molecule has 26 heavy (non-hydrogen) atoms. The van der Waals surface area contributed by atoms with Crippen molar-refractivity contribution in [1.82, 2.24) is 0 Å². The Morgan fingerprint density at radius 3 is 2.46 bits per heavy atom. The van der Waals surface area contributed by atoms with Gasteiger partial charge in [-0.15, -0.1) is 0 Å². The summed E-state index contributed by atoms with van der Waals surface area (Å²) in [5.74, 6) is 9.66. The second-order valence-corrected chi connectivity index (χ2v) is 8.07. The fourth-order valence-electron chi connectivity index (χ4n) is 4.73. The van der Waals surface area contributed by atoms with Crippen LogP contribution in [0.5, 0.6) is 0 Å². The lowest BCUT2D eigenvalue weighted by Crippen LogP contribution is -2.24. The molecule has 4 rings (SSSR count). The summed E-state index contributed by atoms with van der Waals surface area (Å²) in [6.45, 7) is 0. The minimum Gasteiger partial charge on any atom is -0.0938 e. The van der Waals surface area contributed by atoms with Crippen LogP contribution in [0, 0.1) is 35.5 Å². The molecule has 0 spiro atoms. The van der Waals surface area contributed by atoms with Crippen LogP contribution in [0.1, 0.15) is 51.4 Å². The number of allylic oxidation sites excluding steroid dienone is 12. The van der Waals surface area contributed by atoms with Crippen molar-refractivity contribution in [2.75, 3.05) is 0 Å². The molecule has 0 fully saturated rings. The Labute approximate surface area is 159 Å². The van der Waals surface area contributed by atoms with E-state index in [1.54, 1.807) is 5.57 Å². The molecule has 4 aliphatic rings. The first-order valence-electron chi connectivity index (χ1n) is 10.5. The van der Waals surface area contributed by atoms with E-state index >= 15 is 0 Å². The summed E-state index contributed by atoms with van der Waals surface area (Å²) in [7, 11) is 0. The van der Waals surface area contributed by atoms with Gasteiger partial charge in [0, 0.05) is 11.5 Å². The number of hydrogen-bond acceptors (Lipinski definition) is 0. The van der Waals surface area contributed by atoms with E-state index in [2.05, 4.69) is 72.6 Å². The average Bonchev–Trinajstić information content (AvgIpc) is 2.74. The lowest BCUT2D eigenvalue weighted by molar-refractivity contribution is 0.304. The highest BCUT2D eigenvalue weighted by Crippen LogP contribution is 2.38. The zero-order valence-corrected chi connectivity index (χ0v) is 15.7. The van der Waals surface area contributed by atoms with Gasteiger partial charge < -0.3 is 0 Å². The summed E-state index contributed by atoms with van der Waals surface area (Å²) in [4.78, 5) is 0. The summed E-state index contributed by atoms with van der Waals surface area (Å²) in [6.07, 6.45) is 33.2. The smallest absolute Gasteiger partial charge is 0.0277 e. The maximum atomic E-state index is 3.63. The lowest BCUT2D eigenvalue weighted by atomic mass is 9.71. The van der Waals surface area contributed by atoms with Crippen LogP contribution in [0.2, 0.25) is 0 Å². The molecular weight excluding hydrogens is 312 g/mol. The molecule has 0 heterocycles. The first kappa shape index (κ1) is 17.4. The predicted octanol–water partition coefficient (Wildman–Crippen LogP) is 6.71. The molecule has 134 valence electrons. The third-order valence-corrected chi connectivity index (χ3v) is 6.33. The normalized spacial score (nSPS) is 33.2. The predicted molar refractivity (Wildman–Crippen MR) is 111 cm³/mol. The Balaban J connectivity index is 1.42. The first-order chi connectivity index (χ1) is 12.9. The molecule has 4 unspecified atom stereocenters. The molecule has 0 aromatic heterocycles. The van der Waals surface area contributed by atoms with Gasteiger partial charge in [-0.3, -0.25) is 0 Å². The molecule has 0 heteroatoms. The van der Waals surface area contributed by atoms with Gasteiger partial charge in [0.05, 0.1) is 0 Å². The highest BCUT2D eigenvalue weighted by molar-refractivity contribution is 5.40. The topological polar surface area (TPSA) is 0 Å². The SMILES string of the molecule is C(#CC1CC=CCC1C1C=CC(C2CC=CCC2)=CC1)C1=CCCC=C1. The summed E-state index contributed by atoms with van der Waals surface area (Å²) >= 11 is 0. The van der Waals surface area contributed by atoms with Crippen LogP contribution in [0.15, 0.2) is 71.9 Å². The van der Waals surface area contributed by atoms with Gasteiger partial charge in [0.1, 0.15) is 0 Å². The maximum absolute atomic E-state index is 3.63. The molecule has 0 N–H and O–H groups in total. The zero-order valence-electron chi connectivity index (χ0n) is 15.7. The minimum atomic E-state index is 0.499. The van der Waals surface area contributed by atoms with Crippen molar-refractivity contribution in [3.05, 3.63) is 71.9 Å². The van der Waals surface area contributed by atoms with Crippen LogP contribution in [0.4, 0.5) is 0 Å². The molecule has 4 aliphatic carbocycles. The largest absolute Gasteiger partial charge is 0.0938 e. The van der Waals surface area contributed by atoms with Crippen molar-refractivity contribution >= 4 is 0 Å². The van der Waals surface area contributed by atoms with Crippen molar-refractivity contribution < 1.29 is 0 Å². The monoisotopic (exact) mass is 342 g/mol. The van der Waals surface area contributed by atoms with Crippen LogP contribution in [-0.2, 0) is 0 Å². The number of rotatable bonds is 2. The molecule has 0 saturated heterocycles. The third kappa shape index (κ3) is 4.21. The van der Waals surface area contributed by atoms with Crippen LogP contribution in [0.25, 0.3) is 0 Å². The van der Waals surface area contributed by atoms with Crippen LogP contribution in [-0.4, -0.2) is 0 Å². The highest BCUT2D eigenvalue weighted by Gasteiger charge is 2.29. The fraction of sp³-hybridized carbons (Fsp3) is 0.462. The van der Waals surface area contributed by atoms with E-state index in [0.717, 1.165) is 25.2 Å². The van der Waals surface area contributed by atoms with Crippen molar-refractivity contribution in [2.45, 2.75) is 51.4 Å². The van der Waals surface area contributed by atoms with Gasteiger partial charge >= 0.3 is 0 Å². The molecule has 0 saturated carbocycles. The Morgan fingerprint density at radius 2 is 1.69 bits per heavy atom. The molecule has 0 aromatic carbocycles. The fourth-order valence-corrected chi connectivity index (χ4v) is 4.73. The summed E-state index contributed by atoms with van der Waals surface area (Å²) in [5.41, 5.74) is 2.80. The highest BCUT2D eigenvalue weighted by atomic mass is 14.3. The van der Waals surface area contributed by atoms with Crippen LogP contribution >= 0.6 is 0 Å². The second kappa shape index (κ2) is 8.59. The Kier molecular flexibility index (Phi) is 5.75. The average molecular weight is 343 g/mol. The first-order valence-corrected chi connectivity index (χ1v) is 10.5. The summed E-state index contributed by atoms with van der Waals surface area (Å²) in [6, 6.07) is 0. The van der Waals surface area contributed by atoms with E-state index in [9.17, 15) is 0 Å². The molecule has 0 aliphatic heterocycles. The van der Waals surface area contributed by atoms with Gasteiger partial charge in [-0.25, -0.2) is 0 Å². The van der Waals surface area contributed by atoms with Crippen LogP contribution in [0.3, 0.4) is 0 Å². The summed E-state index contributed by atoms with van der Waals surface area (Å²) < 4.78 is 0. The molecule has 0 aromatic rings. The molecular formula is C26H30. The van der Waals surface area contributed by atoms with Crippen molar-refractivity contribution in [3.63, 3.8) is 0 Å². The lowest BCUT2D eigenvalue weighted by Gasteiger charge is -2.32. The maximum Gasteiger partial charge on any atom is 0.0277 e. The Hall–Kier alpha value is -2.00. The molecule has 0 radical (unpaired) electrons. The third-order valence-electron chi connectivity index (χ3n) is 6.33. The Morgan fingerprint density at radius 1 is 0.769 bits per heavy atom. The van der Waals surface area contributed by atoms with E-state index in [1.165, 1.54) is 37.7 Å². The van der Waals surface area contributed by atoms with Crippen molar-refractivity contribution in [2.24, 2.45) is 23.7 Å². The molecule has 0 nitrogen and oxygen atoms in total. The van der Waals surface area contributed by atoms with Gasteiger partial charge in [-0.1, -0.05) is 72.6 Å². The molecule has 0 amide bonds. The standard InChI is InChI=1S/C26H30/c1-3-9-21(10-4-1)15-16-24-13-7-8-14-26(24)25-19-17-23(18-20-25)22-11-5-2-6-12-22/h2-3,5,7-10,17-19,22,24-26H,1,4,6,11-14,20H2. The summed E-state index contributed by atoms with van der Waals surface area (Å²) in [5, 5.41) is 0. The number of hydrogen-bond donors (Lipinski definition) is 0. The van der Waals surface area contributed by atoms with E-state index in [1.807, 2.05) is 0 Å². The van der Waals surface area contributed by atoms with E-state index in [4.69, 9.17) is 0 Å². The quantitative estimate of drug-likeness (QED) is 0.386. The van der Waals surface area contributed by atoms with E-state index in [-0.39, 0.29) is 0 Å². The van der Waals surface area contributed by atoms with E-state index in [0.29, 0.717) is 17.8 Å². The second-order valence-electron chi connectivity index (χ2n) is 8.07. The van der Waals surface area contributed by atoms with Crippen molar-refractivity contribution in [1.29, 1.82) is 0 Å². The van der Waals surface area contributed by atoms with Gasteiger partial charge in [0.15, 0.2) is 0 Å². The Bertz CT molecular complexity index is 741. The zero-order chi connectivity index (χ0) is 17.6. The van der Waals surface area contributed by atoms with E-state index < -0.39 is 0 Å². The van der Waals surface area contributed by atoms with Crippen molar-refractivity contribution in [3.8, 4) is 11.8 Å². The van der Waals surface area contributed by atoms with Gasteiger partial charge in [0.25, 0.3) is 0 Å². The molecule has 0 bridgehead atoms. The molecule has 4 atom stereocenters. The van der Waals surface area contributed by atoms with Gasteiger partial charge in [-0.2, -0.15) is 0 Å². The van der Waals surface area contributed by atoms with Gasteiger partial charge in [0.2, 0.25) is 0 Å².